The van der Waals surface area contributed by atoms with Crippen molar-refractivity contribution in [2.24, 2.45) is 5.92 Å². The molecule has 1 aliphatic carbocycles. The normalized spacial score (nSPS) is 21.7. The molecule has 128 valence electrons. The van der Waals surface area contributed by atoms with Gasteiger partial charge in [-0.15, -0.1) is 0 Å². The molecule has 1 saturated heterocycles. The maximum Gasteiger partial charge on any atom is 0.216 e. The first kappa shape index (κ1) is 16.9. The van der Waals surface area contributed by atoms with Crippen LogP contribution < -0.4 is 4.72 Å². The molecule has 0 bridgehead atoms. The molecule has 1 N–H and O–H groups in total. The van der Waals surface area contributed by atoms with E-state index >= 15 is 0 Å². The van der Waals surface area contributed by atoms with Crippen molar-refractivity contribution in [1.82, 2.24) is 9.62 Å². The van der Waals surface area contributed by atoms with Gasteiger partial charge in [0.1, 0.15) is 0 Å². The highest BCUT2D eigenvalue weighted by Crippen LogP contribution is 2.26. The third-order valence-electron chi connectivity index (χ3n) is 5.12. The second-order valence-electron chi connectivity index (χ2n) is 7.09. The summed E-state index contributed by atoms with van der Waals surface area (Å²) in [5.74, 6) is 0.956. The Hall–Kier alpha value is -0.910. The number of benzene rings is 1. The minimum Gasteiger partial charge on any atom is -0.303 e. The molecule has 1 aromatic rings. The van der Waals surface area contributed by atoms with Crippen LogP contribution in [0.4, 0.5) is 0 Å². The highest BCUT2D eigenvalue weighted by atomic mass is 32.2. The number of hydrogen-bond acceptors (Lipinski definition) is 3. The molecular formula is C18H28N2O2S. The third-order valence-corrected chi connectivity index (χ3v) is 6.53. The monoisotopic (exact) mass is 336 g/mol. The predicted octanol–water partition coefficient (Wildman–Crippen LogP) is 2.76. The number of rotatable bonds is 6. The quantitative estimate of drug-likeness (QED) is 0.869. The van der Waals surface area contributed by atoms with Crippen LogP contribution in [0, 0.1) is 5.92 Å². The number of likely N-dealkylation sites (tertiary alicyclic amines) is 1. The molecule has 2 aliphatic rings. The van der Waals surface area contributed by atoms with Gasteiger partial charge in [0.15, 0.2) is 0 Å². The number of nitrogens with one attached hydrogen (secondary N) is 1. The minimum atomic E-state index is -3.24. The van der Waals surface area contributed by atoms with Crippen molar-refractivity contribution in [3.63, 3.8) is 0 Å². The second kappa shape index (κ2) is 7.77. The Balaban J connectivity index is 1.44. The molecule has 0 aromatic heterocycles. The van der Waals surface area contributed by atoms with Crippen LogP contribution in [0.25, 0.3) is 0 Å². The highest BCUT2D eigenvalue weighted by molar-refractivity contribution is 7.88. The van der Waals surface area contributed by atoms with Crippen LogP contribution in [0.15, 0.2) is 30.3 Å². The molecule has 1 aromatic carbocycles. The van der Waals surface area contributed by atoms with Crippen LogP contribution in [0.5, 0.6) is 0 Å². The van der Waals surface area contributed by atoms with Gasteiger partial charge in [0.2, 0.25) is 10.0 Å². The molecule has 1 heterocycles. The largest absolute Gasteiger partial charge is 0.303 e. The summed E-state index contributed by atoms with van der Waals surface area (Å²) in [6, 6.07) is 9.50. The van der Waals surface area contributed by atoms with Crippen molar-refractivity contribution < 1.29 is 8.42 Å². The summed E-state index contributed by atoms with van der Waals surface area (Å²) in [5, 5.41) is 0. The van der Waals surface area contributed by atoms with Crippen molar-refractivity contribution in [3.05, 3.63) is 35.9 Å². The Morgan fingerprint density at radius 3 is 2.30 bits per heavy atom. The third kappa shape index (κ3) is 5.30. The van der Waals surface area contributed by atoms with Crippen molar-refractivity contribution in [3.8, 4) is 0 Å². The standard InChI is InChI=1S/C18H28N2O2S/c21-23(22,15-17-8-2-1-3-9-17)19-18-10-12-20(13-11-18)14-16-6-4-5-7-16/h1-3,8-9,16,18-19H,4-7,10-15H2. The minimum absolute atomic E-state index is 0.0795. The van der Waals surface area contributed by atoms with E-state index in [9.17, 15) is 8.42 Å². The zero-order chi connectivity index (χ0) is 16.1. The molecular weight excluding hydrogens is 308 g/mol. The molecule has 1 saturated carbocycles. The van der Waals surface area contributed by atoms with E-state index in [0.29, 0.717) is 0 Å². The van der Waals surface area contributed by atoms with E-state index in [1.54, 1.807) is 0 Å². The molecule has 2 fully saturated rings. The van der Waals surface area contributed by atoms with Gasteiger partial charge in [-0.1, -0.05) is 43.2 Å². The van der Waals surface area contributed by atoms with Crippen molar-refractivity contribution in [1.29, 1.82) is 0 Å². The van der Waals surface area contributed by atoms with Gasteiger partial charge in [0.05, 0.1) is 5.75 Å². The lowest BCUT2D eigenvalue weighted by Crippen LogP contribution is -2.45. The predicted molar refractivity (Wildman–Crippen MR) is 93.6 cm³/mol. The van der Waals surface area contributed by atoms with Crippen molar-refractivity contribution >= 4 is 10.0 Å². The first-order chi connectivity index (χ1) is 11.1. The van der Waals surface area contributed by atoms with Crippen LogP contribution in [-0.4, -0.2) is 39.0 Å². The molecule has 0 radical (unpaired) electrons. The van der Waals surface area contributed by atoms with Crippen molar-refractivity contribution in [2.75, 3.05) is 19.6 Å². The molecule has 0 amide bonds. The fourth-order valence-electron chi connectivity index (χ4n) is 3.88. The summed E-state index contributed by atoms with van der Waals surface area (Å²) in [7, 11) is -3.24. The number of nitrogens with zero attached hydrogens (tertiary/aromatic N) is 1. The Labute approximate surface area is 140 Å². The summed E-state index contributed by atoms with van der Waals surface area (Å²) >= 11 is 0. The van der Waals surface area contributed by atoms with Gasteiger partial charge >= 0.3 is 0 Å². The summed E-state index contributed by atoms with van der Waals surface area (Å²) in [6.07, 6.45) is 7.40. The van der Waals surface area contributed by atoms with Crippen LogP contribution in [0.2, 0.25) is 0 Å². The van der Waals surface area contributed by atoms with Gasteiger partial charge < -0.3 is 4.90 Å². The van der Waals surface area contributed by atoms with Gasteiger partial charge in [-0.05, 0) is 50.3 Å². The molecule has 3 rings (SSSR count). The Morgan fingerprint density at radius 1 is 1.00 bits per heavy atom. The Morgan fingerprint density at radius 2 is 1.65 bits per heavy atom. The van der Waals surface area contributed by atoms with E-state index in [4.69, 9.17) is 0 Å². The lowest BCUT2D eigenvalue weighted by atomic mass is 10.0. The van der Waals surface area contributed by atoms with E-state index in [1.165, 1.54) is 32.2 Å². The summed E-state index contributed by atoms with van der Waals surface area (Å²) in [4.78, 5) is 2.53. The van der Waals surface area contributed by atoms with Crippen molar-refractivity contribution in [2.45, 2.75) is 50.3 Å². The lowest BCUT2D eigenvalue weighted by Gasteiger charge is -2.33. The van der Waals surface area contributed by atoms with E-state index in [-0.39, 0.29) is 11.8 Å². The molecule has 23 heavy (non-hydrogen) atoms. The molecule has 5 heteroatoms. The Bertz CT molecular complexity index is 574. The zero-order valence-corrected chi connectivity index (χ0v) is 14.6. The van der Waals surface area contributed by atoms with Crippen LogP contribution in [0.3, 0.4) is 0 Å². The van der Waals surface area contributed by atoms with E-state index < -0.39 is 10.0 Å². The zero-order valence-electron chi connectivity index (χ0n) is 13.8. The molecule has 0 atom stereocenters. The summed E-state index contributed by atoms with van der Waals surface area (Å²) in [6.45, 7) is 3.26. The van der Waals surface area contributed by atoms with Gasteiger partial charge in [-0.3, -0.25) is 0 Å². The first-order valence-electron chi connectivity index (χ1n) is 8.87. The molecule has 4 nitrogen and oxygen atoms in total. The van der Waals surface area contributed by atoms with Gasteiger partial charge in [-0.25, -0.2) is 13.1 Å². The molecule has 0 unspecified atom stereocenters. The highest BCUT2D eigenvalue weighted by Gasteiger charge is 2.25. The van der Waals surface area contributed by atoms with E-state index in [1.807, 2.05) is 30.3 Å². The van der Waals surface area contributed by atoms with Crippen LogP contribution in [-0.2, 0) is 15.8 Å². The maximum absolute atomic E-state index is 12.3. The smallest absolute Gasteiger partial charge is 0.216 e. The van der Waals surface area contributed by atoms with E-state index in [2.05, 4.69) is 9.62 Å². The Kier molecular flexibility index (Phi) is 5.72. The fraction of sp³-hybridized carbons (Fsp3) is 0.667. The summed E-state index contributed by atoms with van der Waals surface area (Å²) in [5.41, 5.74) is 0.846. The average Bonchev–Trinajstić information content (AvgIpc) is 3.02. The lowest BCUT2D eigenvalue weighted by molar-refractivity contribution is 0.180. The van der Waals surface area contributed by atoms with Gasteiger partial charge in [0, 0.05) is 12.6 Å². The molecule has 0 spiro atoms. The maximum atomic E-state index is 12.3. The number of hydrogen-bond donors (Lipinski definition) is 1. The first-order valence-corrected chi connectivity index (χ1v) is 10.5. The van der Waals surface area contributed by atoms with Crippen LogP contribution in [0.1, 0.15) is 44.1 Å². The average molecular weight is 337 g/mol. The molecule has 1 aliphatic heterocycles. The number of sulfonamides is 1. The van der Waals surface area contributed by atoms with Gasteiger partial charge in [0.25, 0.3) is 0 Å². The summed E-state index contributed by atoms with van der Waals surface area (Å²) < 4.78 is 27.5. The van der Waals surface area contributed by atoms with E-state index in [0.717, 1.165) is 37.4 Å². The topological polar surface area (TPSA) is 49.4 Å². The SMILES string of the molecule is O=S(=O)(Cc1ccccc1)NC1CCN(CC2CCCC2)CC1. The second-order valence-corrected chi connectivity index (χ2v) is 8.84. The van der Waals surface area contributed by atoms with Crippen LogP contribution >= 0.6 is 0 Å². The number of piperidine rings is 1. The van der Waals surface area contributed by atoms with Gasteiger partial charge in [-0.2, -0.15) is 0 Å². The fourth-order valence-corrected chi connectivity index (χ4v) is 5.34.